The maximum absolute atomic E-state index is 4.78. The number of anilines is 2. The minimum Gasteiger partial charge on any atom is -0.362 e. The molecular formula is C16H28N6. The Kier molecular flexibility index (Phi) is 4.23. The lowest BCUT2D eigenvalue weighted by molar-refractivity contribution is 0.308. The molecular weight excluding hydrogens is 276 g/mol. The van der Waals surface area contributed by atoms with Crippen LogP contribution in [0.15, 0.2) is 6.20 Å². The van der Waals surface area contributed by atoms with Gasteiger partial charge in [-0.3, -0.25) is 10.9 Å². The van der Waals surface area contributed by atoms with Crippen LogP contribution < -0.4 is 20.7 Å². The van der Waals surface area contributed by atoms with Gasteiger partial charge in [0.05, 0.1) is 0 Å². The predicted octanol–water partition coefficient (Wildman–Crippen LogP) is 1.18. The van der Waals surface area contributed by atoms with Gasteiger partial charge in [-0.05, 0) is 19.3 Å². The van der Waals surface area contributed by atoms with E-state index in [1.165, 1.54) is 0 Å². The molecule has 1 aromatic rings. The summed E-state index contributed by atoms with van der Waals surface area (Å²) in [6.45, 7) is 8.66. The smallest absolute Gasteiger partial charge is 0.227 e. The molecule has 0 radical (unpaired) electrons. The number of piperidine rings is 1. The van der Waals surface area contributed by atoms with Crippen LogP contribution in [0.5, 0.6) is 0 Å². The normalized spacial score (nSPS) is 28.1. The van der Waals surface area contributed by atoms with Crippen LogP contribution >= 0.6 is 0 Å². The molecule has 3 atom stereocenters. The first-order chi connectivity index (χ1) is 10.5. The summed E-state index contributed by atoms with van der Waals surface area (Å²) in [5, 5.41) is 0. The topological polar surface area (TPSA) is 56.3 Å². The number of aryl methyl sites for hydroxylation is 1. The molecule has 2 N–H and O–H groups in total. The number of nitrogens with zero attached hydrogens (tertiary/aromatic N) is 4. The van der Waals surface area contributed by atoms with Gasteiger partial charge in [0.25, 0.3) is 0 Å². The summed E-state index contributed by atoms with van der Waals surface area (Å²) in [5.41, 5.74) is 8.08. The van der Waals surface area contributed by atoms with E-state index in [2.05, 4.69) is 46.4 Å². The molecule has 2 aliphatic rings. The molecule has 2 fully saturated rings. The summed E-state index contributed by atoms with van der Waals surface area (Å²) < 4.78 is 0. The second-order valence-electron chi connectivity index (χ2n) is 7.13. The van der Waals surface area contributed by atoms with Crippen molar-refractivity contribution in [1.82, 2.24) is 20.8 Å². The Labute approximate surface area is 133 Å². The fourth-order valence-corrected chi connectivity index (χ4v) is 3.71. The molecule has 3 rings (SSSR count). The average molecular weight is 304 g/mol. The van der Waals surface area contributed by atoms with E-state index in [4.69, 9.17) is 4.98 Å². The lowest BCUT2D eigenvalue weighted by Crippen LogP contribution is -2.47. The summed E-state index contributed by atoms with van der Waals surface area (Å²) in [5.74, 6) is 3.11. The van der Waals surface area contributed by atoms with Crippen LogP contribution in [0.4, 0.5) is 11.8 Å². The first kappa shape index (κ1) is 15.5. The minimum atomic E-state index is 0.520. The summed E-state index contributed by atoms with van der Waals surface area (Å²) in [6.07, 6.45) is 3.07. The molecule has 0 aliphatic carbocycles. The summed E-state index contributed by atoms with van der Waals surface area (Å²) in [7, 11) is 4.07. The second kappa shape index (κ2) is 6.01. The highest BCUT2D eigenvalue weighted by Gasteiger charge is 2.41. The molecule has 22 heavy (non-hydrogen) atoms. The number of nitrogens with one attached hydrogen (secondary N) is 2. The van der Waals surface area contributed by atoms with Crippen molar-refractivity contribution in [2.45, 2.75) is 39.3 Å². The molecule has 3 heterocycles. The number of rotatable bonds is 3. The van der Waals surface area contributed by atoms with Gasteiger partial charge in [-0.15, -0.1) is 0 Å². The maximum atomic E-state index is 4.78. The Morgan fingerprint density at radius 3 is 2.77 bits per heavy atom. The van der Waals surface area contributed by atoms with Crippen LogP contribution in [0.25, 0.3) is 0 Å². The van der Waals surface area contributed by atoms with Gasteiger partial charge in [-0.1, -0.05) is 13.8 Å². The van der Waals surface area contributed by atoms with Crippen molar-refractivity contribution >= 4 is 11.8 Å². The van der Waals surface area contributed by atoms with Gasteiger partial charge in [0, 0.05) is 56.9 Å². The van der Waals surface area contributed by atoms with Crippen molar-refractivity contribution in [2.24, 2.45) is 11.8 Å². The molecule has 0 aromatic carbocycles. The summed E-state index contributed by atoms with van der Waals surface area (Å²) in [6, 6.07) is 1.09. The van der Waals surface area contributed by atoms with Crippen LogP contribution in [-0.4, -0.2) is 49.2 Å². The van der Waals surface area contributed by atoms with Crippen molar-refractivity contribution in [3.05, 3.63) is 11.8 Å². The van der Waals surface area contributed by atoms with E-state index in [-0.39, 0.29) is 0 Å². The predicted molar refractivity (Wildman–Crippen MR) is 90.1 cm³/mol. The van der Waals surface area contributed by atoms with E-state index in [0.29, 0.717) is 23.9 Å². The van der Waals surface area contributed by atoms with E-state index in [1.807, 2.05) is 20.3 Å². The highest BCUT2D eigenvalue weighted by molar-refractivity contribution is 5.48. The van der Waals surface area contributed by atoms with Gasteiger partial charge < -0.3 is 9.80 Å². The van der Waals surface area contributed by atoms with Crippen LogP contribution in [0.1, 0.15) is 25.8 Å². The third kappa shape index (κ3) is 2.77. The van der Waals surface area contributed by atoms with Crippen molar-refractivity contribution < 1.29 is 0 Å². The fourth-order valence-electron chi connectivity index (χ4n) is 3.71. The van der Waals surface area contributed by atoms with Gasteiger partial charge in [0.1, 0.15) is 5.82 Å². The van der Waals surface area contributed by atoms with E-state index < -0.39 is 0 Å². The van der Waals surface area contributed by atoms with Crippen LogP contribution in [-0.2, 0) is 0 Å². The molecule has 122 valence electrons. The highest BCUT2D eigenvalue weighted by Crippen LogP contribution is 2.30. The van der Waals surface area contributed by atoms with E-state index in [0.717, 1.165) is 36.8 Å². The van der Waals surface area contributed by atoms with Crippen LogP contribution in [0, 0.1) is 18.8 Å². The zero-order chi connectivity index (χ0) is 15.9. The van der Waals surface area contributed by atoms with Gasteiger partial charge in [0.15, 0.2) is 0 Å². The third-order valence-corrected chi connectivity index (χ3v) is 4.91. The van der Waals surface area contributed by atoms with Crippen LogP contribution in [0.3, 0.4) is 0 Å². The Morgan fingerprint density at radius 1 is 1.32 bits per heavy atom. The second-order valence-corrected chi connectivity index (χ2v) is 7.13. The van der Waals surface area contributed by atoms with Gasteiger partial charge in [-0.25, -0.2) is 4.98 Å². The lowest BCUT2D eigenvalue weighted by Gasteiger charge is -2.37. The summed E-state index contributed by atoms with van der Waals surface area (Å²) >= 11 is 0. The van der Waals surface area contributed by atoms with Crippen molar-refractivity contribution in [3.63, 3.8) is 0 Å². The zero-order valence-corrected chi connectivity index (χ0v) is 14.3. The molecule has 1 aromatic heterocycles. The van der Waals surface area contributed by atoms with E-state index >= 15 is 0 Å². The monoisotopic (exact) mass is 304 g/mol. The van der Waals surface area contributed by atoms with Gasteiger partial charge >= 0.3 is 0 Å². The molecule has 3 unspecified atom stereocenters. The van der Waals surface area contributed by atoms with Gasteiger partial charge in [0.2, 0.25) is 5.95 Å². The standard InChI is InChI=1S/C16H28N6/c1-10(2)14-12-9-22(7-6-13(12)19-20-14)16-17-8-11(3)15(18-16)21(4)5/h8,10,12-14,19-20H,6-7,9H2,1-5H3. The van der Waals surface area contributed by atoms with Crippen molar-refractivity contribution in [1.29, 1.82) is 0 Å². The van der Waals surface area contributed by atoms with Crippen molar-refractivity contribution in [2.75, 3.05) is 37.0 Å². The van der Waals surface area contributed by atoms with E-state index in [9.17, 15) is 0 Å². The largest absolute Gasteiger partial charge is 0.362 e. The number of hydrazine groups is 1. The fraction of sp³-hybridized carbons (Fsp3) is 0.750. The SMILES string of the molecule is Cc1cnc(N2CCC3NNC(C(C)C)C3C2)nc1N(C)C. The third-order valence-electron chi connectivity index (χ3n) is 4.91. The van der Waals surface area contributed by atoms with Crippen molar-refractivity contribution in [3.8, 4) is 0 Å². The molecule has 2 saturated heterocycles. The molecule has 6 nitrogen and oxygen atoms in total. The minimum absolute atomic E-state index is 0.520. The highest BCUT2D eigenvalue weighted by atomic mass is 15.4. The molecule has 2 aliphatic heterocycles. The molecule has 0 amide bonds. The first-order valence-electron chi connectivity index (χ1n) is 8.24. The molecule has 0 spiro atoms. The molecule has 6 heteroatoms. The van der Waals surface area contributed by atoms with Gasteiger partial charge in [-0.2, -0.15) is 4.98 Å². The number of fused-ring (bicyclic) bond motifs is 1. The molecule has 0 saturated carbocycles. The Morgan fingerprint density at radius 2 is 2.09 bits per heavy atom. The molecule has 0 bridgehead atoms. The Hall–Kier alpha value is -1.40. The number of aromatic nitrogens is 2. The Bertz CT molecular complexity index is 529. The number of hydrogen-bond donors (Lipinski definition) is 2. The lowest BCUT2D eigenvalue weighted by atomic mass is 9.83. The summed E-state index contributed by atoms with van der Waals surface area (Å²) in [4.78, 5) is 13.8. The zero-order valence-electron chi connectivity index (χ0n) is 14.3. The van der Waals surface area contributed by atoms with Crippen LogP contribution in [0.2, 0.25) is 0 Å². The first-order valence-corrected chi connectivity index (χ1v) is 8.24. The van der Waals surface area contributed by atoms with E-state index in [1.54, 1.807) is 0 Å². The Balaban J connectivity index is 1.80. The quantitative estimate of drug-likeness (QED) is 0.874. The average Bonchev–Trinajstić information content (AvgIpc) is 2.90. The number of hydrogen-bond acceptors (Lipinski definition) is 6. The maximum Gasteiger partial charge on any atom is 0.227 e.